The molecule has 1 unspecified atom stereocenters. The van der Waals surface area contributed by atoms with Crippen LogP contribution in [-0.2, 0) is 4.79 Å². The normalized spacial score (nSPS) is 17.3. The molecule has 0 radical (unpaired) electrons. The van der Waals surface area contributed by atoms with Crippen molar-refractivity contribution in [1.82, 2.24) is 14.9 Å². The van der Waals surface area contributed by atoms with E-state index < -0.39 is 5.25 Å². The molecule has 5 rings (SSSR count). The summed E-state index contributed by atoms with van der Waals surface area (Å²) in [7, 11) is 0. The highest BCUT2D eigenvalue weighted by Gasteiger charge is 2.33. The molecule has 2 fully saturated rings. The number of carbonyl (C=O) groups excluding carboxylic acids is 1. The van der Waals surface area contributed by atoms with Crippen LogP contribution < -0.4 is 10.9 Å². The molecule has 148 valence electrons. The van der Waals surface area contributed by atoms with Crippen molar-refractivity contribution < 1.29 is 9.18 Å². The lowest BCUT2D eigenvalue weighted by Crippen LogP contribution is -2.30. The fraction of sp³-hybridized carbons (Fsp3) is 0.318. The molecule has 1 amide bonds. The van der Waals surface area contributed by atoms with E-state index in [0.717, 1.165) is 25.7 Å². The van der Waals surface area contributed by atoms with Crippen LogP contribution in [0.15, 0.2) is 58.5 Å². The van der Waals surface area contributed by atoms with Gasteiger partial charge in [0.1, 0.15) is 11.1 Å². The monoisotopic (exact) mass is 409 g/mol. The third kappa shape index (κ3) is 3.79. The van der Waals surface area contributed by atoms with Crippen molar-refractivity contribution in [3.05, 3.63) is 70.3 Å². The Labute approximate surface area is 171 Å². The quantitative estimate of drug-likeness (QED) is 0.494. The minimum Gasteiger partial charge on any atom is -0.352 e. The Balaban J connectivity index is 1.58. The summed E-state index contributed by atoms with van der Waals surface area (Å²) in [6, 6.07) is 13.6. The molecule has 2 saturated carbocycles. The van der Waals surface area contributed by atoms with E-state index >= 15 is 0 Å². The van der Waals surface area contributed by atoms with Crippen LogP contribution in [0.5, 0.6) is 0 Å². The Morgan fingerprint density at radius 2 is 1.83 bits per heavy atom. The molecule has 1 heterocycles. The first-order valence-electron chi connectivity index (χ1n) is 9.84. The number of halogens is 1. The van der Waals surface area contributed by atoms with Crippen molar-refractivity contribution in [2.75, 3.05) is 0 Å². The van der Waals surface area contributed by atoms with Crippen molar-refractivity contribution >= 4 is 28.6 Å². The molecular weight excluding hydrogens is 389 g/mol. The van der Waals surface area contributed by atoms with Crippen LogP contribution in [0, 0.1) is 5.82 Å². The van der Waals surface area contributed by atoms with Gasteiger partial charge in [0.25, 0.3) is 5.56 Å². The van der Waals surface area contributed by atoms with E-state index in [1.807, 2.05) is 18.2 Å². The van der Waals surface area contributed by atoms with E-state index in [1.54, 1.807) is 22.8 Å². The maximum absolute atomic E-state index is 13.4. The predicted octanol–water partition coefficient (Wildman–Crippen LogP) is 3.98. The number of hydrogen-bond donors (Lipinski definition) is 1. The van der Waals surface area contributed by atoms with Gasteiger partial charge in [-0.25, -0.2) is 9.37 Å². The summed E-state index contributed by atoms with van der Waals surface area (Å²) in [6.45, 7) is 0. The van der Waals surface area contributed by atoms with Crippen molar-refractivity contribution in [3.63, 3.8) is 0 Å². The zero-order chi connectivity index (χ0) is 20.0. The summed E-state index contributed by atoms with van der Waals surface area (Å²) in [5, 5.41) is 3.56. The standard InChI is InChI=1S/C22H20FN3O2S/c23-14-7-5-13(6-8-14)19(20(27)24-15-9-10-15)29-22-25-18-4-2-1-3-17(18)21(28)26(22)16-11-12-16/h1-8,15-16,19H,9-12H2,(H,24,27). The molecule has 7 heteroatoms. The van der Waals surface area contributed by atoms with Crippen LogP contribution in [0.1, 0.15) is 42.5 Å². The highest BCUT2D eigenvalue weighted by molar-refractivity contribution is 8.00. The Morgan fingerprint density at radius 1 is 1.10 bits per heavy atom. The summed E-state index contributed by atoms with van der Waals surface area (Å²) in [5.74, 6) is -0.479. The Kier molecular flexibility index (Phi) is 4.62. The van der Waals surface area contributed by atoms with E-state index in [-0.39, 0.29) is 29.4 Å². The molecule has 0 bridgehead atoms. The van der Waals surface area contributed by atoms with Crippen LogP contribution in [0.25, 0.3) is 10.9 Å². The molecular formula is C22H20FN3O2S. The number of thioether (sulfide) groups is 1. The summed E-state index contributed by atoms with van der Waals surface area (Å²) in [6.07, 6.45) is 3.83. The fourth-order valence-corrected chi connectivity index (χ4v) is 4.56. The van der Waals surface area contributed by atoms with Gasteiger partial charge in [0.05, 0.1) is 10.9 Å². The molecule has 1 atom stereocenters. The van der Waals surface area contributed by atoms with Gasteiger partial charge in [-0.05, 0) is 55.5 Å². The number of carbonyl (C=O) groups is 1. The van der Waals surface area contributed by atoms with Crippen LogP contribution >= 0.6 is 11.8 Å². The van der Waals surface area contributed by atoms with Crippen LogP contribution in [-0.4, -0.2) is 21.5 Å². The molecule has 2 aromatic carbocycles. The number of benzene rings is 2. The first-order chi connectivity index (χ1) is 14.1. The Hall–Kier alpha value is -2.67. The number of fused-ring (bicyclic) bond motifs is 1. The zero-order valence-electron chi connectivity index (χ0n) is 15.7. The maximum Gasteiger partial charge on any atom is 0.262 e. The number of para-hydroxylation sites is 1. The van der Waals surface area contributed by atoms with Gasteiger partial charge in [0.2, 0.25) is 5.91 Å². The van der Waals surface area contributed by atoms with Gasteiger partial charge in [-0.3, -0.25) is 14.2 Å². The molecule has 1 N–H and O–H groups in total. The second kappa shape index (κ2) is 7.30. The molecule has 29 heavy (non-hydrogen) atoms. The van der Waals surface area contributed by atoms with Crippen LogP contribution in [0.4, 0.5) is 4.39 Å². The fourth-order valence-electron chi connectivity index (χ4n) is 3.38. The first kappa shape index (κ1) is 18.4. The molecule has 0 aliphatic heterocycles. The predicted molar refractivity (Wildman–Crippen MR) is 110 cm³/mol. The van der Waals surface area contributed by atoms with Crippen molar-refractivity contribution in [2.24, 2.45) is 0 Å². The molecule has 2 aliphatic carbocycles. The Morgan fingerprint density at radius 3 is 2.52 bits per heavy atom. The number of aromatic nitrogens is 2. The van der Waals surface area contributed by atoms with Gasteiger partial charge in [-0.15, -0.1) is 0 Å². The number of nitrogens with zero attached hydrogens (tertiary/aromatic N) is 2. The van der Waals surface area contributed by atoms with Gasteiger partial charge in [-0.2, -0.15) is 0 Å². The minimum atomic E-state index is -0.603. The molecule has 3 aromatic rings. The number of amides is 1. The average Bonchev–Trinajstić information content (AvgIpc) is 3.62. The Bertz CT molecular complexity index is 1140. The molecule has 2 aliphatic rings. The zero-order valence-corrected chi connectivity index (χ0v) is 16.5. The van der Waals surface area contributed by atoms with E-state index in [4.69, 9.17) is 4.98 Å². The van der Waals surface area contributed by atoms with Gasteiger partial charge >= 0.3 is 0 Å². The lowest BCUT2D eigenvalue weighted by atomic mass is 10.1. The van der Waals surface area contributed by atoms with Gasteiger partial charge in [-0.1, -0.05) is 36.0 Å². The highest BCUT2D eigenvalue weighted by atomic mass is 32.2. The first-order valence-corrected chi connectivity index (χ1v) is 10.7. The minimum absolute atomic E-state index is 0.0685. The molecule has 0 saturated heterocycles. The number of nitrogens with one attached hydrogen (secondary N) is 1. The largest absolute Gasteiger partial charge is 0.352 e. The third-order valence-corrected chi connectivity index (χ3v) is 6.47. The lowest BCUT2D eigenvalue weighted by molar-refractivity contribution is -0.120. The van der Waals surface area contributed by atoms with E-state index in [0.29, 0.717) is 21.6 Å². The summed E-state index contributed by atoms with van der Waals surface area (Å²) in [5.41, 5.74) is 1.25. The summed E-state index contributed by atoms with van der Waals surface area (Å²) < 4.78 is 15.2. The van der Waals surface area contributed by atoms with E-state index in [1.165, 1.54) is 23.9 Å². The second-order valence-corrected chi connectivity index (χ2v) is 8.72. The summed E-state index contributed by atoms with van der Waals surface area (Å²) in [4.78, 5) is 30.8. The average molecular weight is 409 g/mol. The summed E-state index contributed by atoms with van der Waals surface area (Å²) >= 11 is 1.27. The number of hydrogen-bond acceptors (Lipinski definition) is 4. The van der Waals surface area contributed by atoms with E-state index in [9.17, 15) is 14.0 Å². The lowest BCUT2D eigenvalue weighted by Gasteiger charge is -2.19. The SMILES string of the molecule is O=C(NC1CC1)C(Sc1nc2ccccc2c(=O)n1C1CC1)c1ccc(F)cc1. The van der Waals surface area contributed by atoms with Gasteiger partial charge in [0.15, 0.2) is 5.16 Å². The van der Waals surface area contributed by atoms with E-state index in [2.05, 4.69) is 5.32 Å². The van der Waals surface area contributed by atoms with Crippen molar-refractivity contribution in [3.8, 4) is 0 Å². The maximum atomic E-state index is 13.4. The smallest absolute Gasteiger partial charge is 0.262 e. The highest BCUT2D eigenvalue weighted by Crippen LogP contribution is 2.41. The topological polar surface area (TPSA) is 64.0 Å². The van der Waals surface area contributed by atoms with Crippen molar-refractivity contribution in [2.45, 2.75) is 48.2 Å². The van der Waals surface area contributed by atoms with Gasteiger partial charge < -0.3 is 5.32 Å². The molecule has 1 aromatic heterocycles. The van der Waals surface area contributed by atoms with Crippen molar-refractivity contribution in [1.29, 1.82) is 0 Å². The third-order valence-electron chi connectivity index (χ3n) is 5.25. The number of rotatable bonds is 6. The molecule has 5 nitrogen and oxygen atoms in total. The molecule has 0 spiro atoms. The van der Waals surface area contributed by atoms with Crippen LogP contribution in [0.3, 0.4) is 0 Å². The van der Waals surface area contributed by atoms with Crippen LogP contribution in [0.2, 0.25) is 0 Å². The second-order valence-electron chi connectivity index (χ2n) is 7.65. The van der Waals surface area contributed by atoms with Gasteiger partial charge in [0, 0.05) is 12.1 Å².